The molecule has 0 saturated carbocycles. The number of carbonyl (C=O) groups is 1. The van der Waals surface area contributed by atoms with E-state index in [-0.39, 0.29) is 18.3 Å². The Labute approximate surface area is 134 Å². The maximum Gasteiger partial charge on any atom is 0.394 e. The summed E-state index contributed by atoms with van der Waals surface area (Å²) in [7, 11) is 0. The van der Waals surface area contributed by atoms with Gasteiger partial charge in [-0.15, -0.1) is 0 Å². The van der Waals surface area contributed by atoms with Gasteiger partial charge in [0.05, 0.1) is 17.4 Å². The summed E-state index contributed by atoms with van der Waals surface area (Å²) in [5.74, 6) is -3.35. The Morgan fingerprint density at radius 2 is 2.17 bits per heavy atom. The van der Waals surface area contributed by atoms with Gasteiger partial charge in [-0.25, -0.2) is 4.98 Å². The van der Waals surface area contributed by atoms with Gasteiger partial charge in [-0.1, -0.05) is 5.16 Å². The summed E-state index contributed by atoms with van der Waals surface area (Å²) in [5.41, 5.74) is 5.56. The number of halogens is 3. The summed E-state index contributed by atoms with van der Waals surface area (Å²) in [6.45, 7) is 1.05. The van der Waals surface area contributed by atoms with E-state index in [0.717, 1.165) is 0 Å². The van der Waals surface area contributed by atoms with Crippen LogP contribution in [0.4, 0.5) is 19.0 Å². The highest BCUT2D eigenvalue weighted by Gasteiger charge is 2.52. The lowest BCUT2D eigenvalue weighted by atomic mass is 9.95. The van der Waals surface area contributed by atoms with Crippen molar-refractivity contribution in [3.05, 3.63) is 24.2 Å². The molecule has 3 heterocycles. The summed E-state index contributed by atoms with van der Waals surface area (Å²) in [4.78, 5) is 21.0. The number of aryl methyl sites for hydroxylation is 1. The standard InChI is InChI=1S/C14H14F3N5O2/c1-7-20-13(24-21-7)8-3-2-4-19-12(8)22-5-9(11(18)23)10(6-22)14(15,16)17/h2-4,9-10H,5-6H2,1H3,(H2,18,23)/t9-,10-/m1/s1. The van der Waals surface area contributed by atoms with E-state index in [1.165, 1.54) is 11.1 Å². The van der Waals surface area contributed by atoms with Gasteiger partial charge in [0.1, 0.15) is 5.82 Å². The van der Waals surface area contributed by atoms with Crippen molar-refractivity contribution in [3.8, 4) is 11.5 Å². The molecule has 0 aliphatic carbocycles. The molecule has 2 aromatic rings. The number of pyridine rings is 1. The molecule has 3 rings (SSSR count). The third-order valence-corrected chi connectivity index (χ3v) is 3.95. The van der Waals surface area contributed by atoms with Gasteiger partial charge in [-0.2, -0.15) is 18.2 Å². The van der Waals surface area contributed by atoms with Crippen molar-refractivity contribution in [2.75, 3.05) is 18.0 Å². The van der Waals surface area contributed by atoms with Crippen LogP contribution >= 0.6 is 0 Å². The number of amides is 1. The second kappa shape index (κ2) is 5.77. The zero-order valence-corrected chi connectivity index (χ0v) is 12.6. The molecule has 1 aliphatic rings. The van der Waals surface area contributed by atoms with Gasteiger partial charge in [0, 0.05) is 19.3 Å². The van der Waals surface area contributed by atoms with Crippen LogP contribution in [0.2, 0.25) is 0 Å². The lowest BCUT2D eigenvalue weighted by Crippen LogP contribution is -2.37. The number of rotatable bonds is 3. The van der Waals surface area contributed by atoms with Crippen LogP contribution in [0, 0.1) is 18.8 Å². The molecule has 7 nitrogen and oxygen atoms in total. The van der Waals surface area contributed by atoms with E-state index >= 15 is 0 Å². The first kappa shape index (κ1) is 16.2. The smallest absolute Gasteiger partial charge is 0.369 e. The number of nitrogens with two attached hydrogens (primary N) is 1. The predicted octanol–water partition coefficient (Wildman–Crippen LogP) is 1.54. The lowest BCUT2D eigenvalue weighted by Gasteiger charge is -2.20. The van der Waals surface area contributed by atoms with Crippen molar-refractivity contribution in [3.63, 3.8) is 0 Å². The number of aromatic nitrogens is 3. The number of alkyl halides is 3. The first-order valence-electron chi connectivity index (χ1n) is 7.14. The lowest BCUT2D eigenvalue weighted by molar-refractivity contribution is -0.181. The fraction of sp³-hybridized carbons (Fsp3) is 0.429. The van der Waals surface area contributed by atoms with E-state index in [2.05, 4.69) is 15.1 Å². The zero-order chi connectivity index (χ0) is 17.5. The van der Waals surface area contributed by atoms with Crippen LogP contribution in [0.5, 0.6) is 0 Å². The molecule has 0 bridgehead atoms. The highest BCUT2D eigenvalue weighted by atomic mass is 19.4. The highest BCUT2D eigenvalue weighted by Crippen LogP contribution is 2.40. The topological polar surface area (TPSA) is 98.1 Å². The second-order valence-electron chi connectivity index (χ2n) is 5.58. The van der Waals surface area contributed by atoms with Crippen LogP contribution in [-0.4, -0.2) is 40.3 Å². The van der Waals surface area contributed by atoms with Gasteiger partial charge in [0.25, 0.3) is 5.89 Å². The molecule has 1 amide bonds. The van der Waals surface area contributed by atoms with Gasteiger partial charge in [0.2, 0.25) is 5.91 Å². The van der Waals surface area contributed by atoms with Crippen LogP contribution in [0.15, 0.2) is 22.9 Å². The van der Waals surface area contributed by atoms with E-state index in [1.807, 2.05) is 0 Å². The molecule has 2 aromatic heterocycles. The Balaban J connectivity index is 1.97. The van der Waals surface area contributed by atoms with Crippen LogP contribution in [0.1, 0.15) is 5.82 Å². The van der Waals surface area contributed by atoms with Gasteiger partial charge in [-0.05, 0) is 19.1 Å². The summed E-state index contributed by atoms with van der Waals surface area (Å²) < 4.78 is 44.7. The summed E-state index contributed by atoms with van der Waals surface area (Å²) in [5, 5.41) is 3.67. The quantitative estimate of drug-likeness (QED) is 0.909. The number of anilines is 1. The molecule has 24 heavy (non-hydrogen) atoms. The van der Waals surface area contributed by atoms with E-state index in [9.17, 15) is 18.0 Å². The number of primary amides is 1. The van der Waals surface area contributed by atoms with E-state index in [4.69, 9.17) is 10.3 Å². The first-order chi connectivity index (χ1) is 11.3. The van der Waals surface area contributed by atoms with Crippen molar-refractivity contribution in [1.82, 2.24) is 15.1 Å². The molecule has 1 aliphatic heterocycles. The summed E-state index contributed by atoms with van der Waals surface area (Å²) in [6.07, 6.45) is -3.08. The normalized spacial score (nSPS) is 21.2. The van der Waals surface area contributed by atoms with Crippen LogP contribution in [-0.2, 0) is 4.79 Å². The second-order valence-corrected chi connectivity index (χ2v) is 5.58. The average molecular weight is 341 g/mol. The van der Waals surface area contributed by atoms with Gasteiger partial charge in [-0.3, -0.25) is 4.79 Å². The number of hydrogen-bond acceptors (Lipinski definition) is 6. The van der Waals surface area contributed by atoms with Crippen LogP contribution < -0.4 is 10.6 Å². The molecule has 10 heteroatoms. The van der Waals surface area contributed by atoms with Gasteiger partial charge >= 0.3 is 6.18 Å². The Hall–Kier alpha value is -2.65. The number of nitrogens with zero attached hydrogens (tertiary/aromatic N) is 4. The fourth-order valence-corrected chi connectivity index (χ4v) is 2.82. The minimum Gasteiger partial charge on any atom is -0.369 e. The maximum absolute atomic E-state index is 13.2. The predicted molar refractivity (Wildman–Crippen MR) is 76.7 cm³/mol. The summed E-state index contributed by atoms with van der Waals surface area (Å²) >= 11 is 0. The number of hydrogen-bond donors (Lipinski definition) is 1. The molecule has 0 unspecified atom stereocenters. The van der Waals surface area contributed by atoms with Crippen molar-refractivity contribution in [2.24, 2.45) is 17.6 Å². The fourth-order valence-electron chi connectivity index (χ4n) is 2.82. The van der Waals surface area contributed by atoms with E-state index in [0.29, 0.717) is 11.4 Å². The molecular weight excluding hydrogens is 327 g/mol. The van der Waals surface area contributed by atoms with Crippen molar-refractivity contribution >= 4 is 11.7 Å². The molecule has 2 N–H and O–H groups in total. The highest BCUT2D eigenvalue weighted by molar-refractivity contribution is 5.79. The Morgan fingerprint density at radius 1 is 1.42 bits per heavy atom. The molecule has 1 fully saturated rings. The summed E-state index contributed by atoms with van der Waals surface area (Å²) in [6, 6.07) is 3.23. The zero-order valence-electron chi connectivity index (χ0n) is 12.6. The van der Waals surface area contributed by atoms with Gasteiger partial charge < -0.3 is 15.2 Å². The van der Waals surface area contributed by atoms with Gasteiger partial charge in [0.15, 0.2) is 5.82 Å². The maximum atomic E-state index is 13.2. The average Bonchev–Trinajstić information content (AvgIpc) is 3.13. The van der Waals surface area contributed by atoms with Crippen LogP contribution in [0.3, 0.4) is 0 Å². The van der Waals surface area contributed by atoms with E-state index in [1.54, 1.807) is 19.1 Å². The first-order valence-corrected chi connectivity index (χ1v) is 7.14. The van der Waals surface area contributed by atoms with Crippen molar-refractivity contribution < 1.29 is 22.5 Å². The minimum absolute atomic E-state index is 0.154. The largest absolute Gasteiger partial charge is 0.394 e. The van der Waals surface area contributed by atoms with Crippen molar-refractivity contribution in [1.29, 1.82) is 0 Å². The van der Waals surface area contributed by atoms with E-state index < -0.39 is 30.5 Å². The third-order valence-electron chi connectivity index (χ3n) is 3.95. The molecule has 128 valence electrons. The molecule has 2 atom stereocenters. The molecular formula is C14H14F3N5O2. The third kappa shape index (κ3) is 2.91. The SMILES string of the molecule is Cc1noc(-c2cccnc2N2C[C@@H](C(F)(F)F)[C@H](C(N)=O)C2)n1. The minimum atomic E-state index is -4.52. The van der Waals surface area contributed by atoms with Crippen molar-refractivity contribution in [2.45, 2.75) is 13.1 Å². The Morgan fingerprint density at radius 3 is 2.71 bits per heavy atom. The molecule has 0 spiro atoms. The molecule has 0 radical (unpaired) electrons. The molecule has 1 saturated heterocycles. The number of carbonyl (C=O) groups excluding carboxylic acids is 1. The van der Waals surface area contributed by atoms with Crippen LogP contribution in [0.25, 0.3) is 11.5 Å². The monoisotopic (exact) mass is 341 g/mol. The Kier molecular flexibility index (Phi) is 3.90. The Bertz CT molecular complexity index is 761. The molecule has 0 aromatic carbocycles.